The number of amides is 1. The summed E-state index contributed by atoms with van der Waals surface area (Å²) in [6.07, 6.45) is 2.55. The van der Waals surface area contributed by atoms with Gasteiger partial charge in [0.1, 0.15) is 5.69 Å². The van der Waals surface area contributed by atoms with Crippen LogP contribution in [0.4, 0.5) is 11.4 Å². The van der Waals surface area contributed by atoms with E-state index in [4.69, 9.17) is 0 Å². The van der Waals surface area contributed by atoms with Gasteiger partial charge in [-0.15, -0.1) is 0 Å². The van der Waals surface area contributed by atoms with Crippen LogP contribution >= 0.6 is 0 Å². The molecule has 2 N–H and O–H groups in total. The number of hydrogen-bond donors (Lipinski definition) is 2. The van der Waals surface area contributed by atoms with E-state index >= 15 is 0 Å². The molecule has 0 spiro atoms. The van der Waals surface area contributed by atoms with Gasteiger partial charge in [0, 0.05) is 12.2 Å². The topological polar surface area (TPSA) is 80.3 Å². The Balaban J connectivity index is 1.52. The second-order valence-corrected chi connectivity index (χ2v) is 6.12. The van der Waals surface area contributed by atoms with Crippen LogP contribution in [0.3, 0.4) is 0 Å². The number of nitrogens with zero attached hydrogens (tertiary/aromatic N) is 1. The second-order valence-electron chi connectivity index (χ2n) is 6.12. The van der Waals surface area contributed by atoms with Gasteiger partial charge in [-0.05, 0) is 48.4 Å². The minimum atomic E-state index is -0.421. The highest BCUT2D eigenvalue weighted by molar-refractivity contribution is 6.03. The number of pyridine rings is 1. The van der Waals surface area contributed by atoms with Crippen molar-refractivity contribution >= 4 is 23.3 Å². The van der Waals surface area contributed by atoms with Gasteiger partial charge in [-0.1, -0.05) is 30.3 Å². The van der Waals surface area contributed by atoms with Gasteiger partial charge in [0.15, 0.2) is 0 Å². The third-order valence-corrected chi connectivity index (χ3v) is 4.15. The van der Waals surface area contributed by atoms with Gasteiger partial charge in [-0.3, -0.25) is 4.79 Å². The fraction of sp³-hybridized carbons (Fsp3) is 0.136. The Hall–Kier alpha value is -3.67. The fourth-order valence-electron chi connectivity index (χ4n) is 2.63. The van der Waals surface area contributed by atoms with Crippen molar-refractivity contribution < 1.29 is 14.3 Å². The van der Waals surface area contributed by atoms with E-state index in [1.165, 1.54) is 12.7 Å². The van der Waals surface area contributed by atoms with E-state index in [-0.39, 0.29) is 5.91 Å². The quantitative estimate of drug-likeness (QED) is 0.615. The number of hydrogen-bond acceptors (Lipinski definition) is 5. The Kier molecular flexibility index (Phi) is 6.36. The summed E-state index contributed by atoms with van der Waals surface area (Å²) in [5.41, 5.74) is 3.42. The standard InChI is InChI=1S/C22H21N3O3/c1-28-22(27)17-7-9-18(10-8-17)25-21(26)20-12-11-19(15-24-20)23-14-13-16-5-3-2-4-6-16/h2-12,15,23H,13-14H2,1H3,(H,25,26). The number of carbonyl (C=O) groups excluding carboxylic acids is 2. The molecule has 0 aliphatic carbocycles. The number of nitrogens with one attached hydrogen (secondary N) is 2. The minimum Gasteiger partial charge on any atom is -0.465 e. The molecule has 28 heavy (non-hydrogen) atoms. The largest absolute Gasteiger partial charge is 0.465 e. The summed E-state index contributed by atoms with van der Waals surface area (Å²) in [6, 6.07) is 20.2. The highest BCUT2D eigenvalue weighted by atomic mass is 16.5. The number of rotatable bonds is 7. The van der Waals surface area contributed by atoms with E-state index in [0.29, 0.717) is 16.9 Å². The molecule has 142 valence electrons. The summed E-state index contributed by atoms with van der Waals surface area (Å²) in [6.45, 7) is 0.782. The van der Waals surface area contributed by atoms with Gasteiger partial charge in [-0.2, -0.15) is 0 Å². The van der Waals surface area contributed by atoms with Crippen molar-refractivity contribution in [2.45, 2.75) is 6.42 Å². The lowest BCUT2D eigenvalue weighted by molar-refractivity contribution is 0.0600. The number of ether oxygens (including phenoxy) is 1. The monoisotopic (exact) mass is 375 g/mol. The summed E-state index contributed by atoms with van der Waals surface area (Å²) in [5.74, 6) is -0.739. The fourth-order valence-corrected chi connectivity index (χ4v) is 2.63. The first-order chi connectivity index (χ1) is 13.7. The van der Waals surface area contributed by atoms with Crippen LogP contribution in [0.5, 0.6) is 0 Å². The molecule has 1 amide bonds. The Morgan fingerprint density at radius 2 is 1.64 bits per heavy atom. The lowest BCUT2D eigenvalue weighted by Crippen LogP contribution is -2.14. The molecule has 6 heteroatoms. The minimum absolute atomic E-state index is 0.311. The molecule has 0 atom stereocenters. The third-order valence-electron chi connectivity index (χ3n) is 4.15. The van der Waals surface area contributed by atoms with E-state index in [2.05, 4.69) is 32.5 Å². The van der Waals surface area contributed by atoms with E-state index in [1.807, 2.05) is 24.3 Å². The number of esters is 1. The molecule has 0 aliphatic heterocycles. The molecule has 3 aromatic rings. The van der Waals surface area contributed by atoms with Gasteiger partial charge in [-0.25, -0.2) is 9.78 Å². The summed E-state index contributed by atoms with van der Waals surface area (Å²) in [4.78, 5) is 28.0. The molecule has 2 aromatic carbocycles. The van der Waals surface area contributed by atoms with Crippen LogP contribution in [-0.2, 0) is 11.2 Å². The molecule has 0 bridgehead atoms. The van der Waals surface area contributed by atoms with Crippen molar-refractivity contribution in [3.8, 4) is 0 Å². The Morgan fingerprint density at radius 1 is 0.929 bits per heavy atom. The maximum Gasteiger partial charge on any atom is 0.337 e. The number of benzene rings is 2. The van der Waals surface area contributed by atoms with E-state index < -0.39 is 5.97 Å². The average molecular weight is 375 g/mol. The molecular weight excluding hydrogens is 354 g/mol. The predicted octanol–water partition coefficient (Wildman–Crippen LogP) is 3.78. The number of carbonyl (C=O) groups is 2. The molecular formula is C22H21N3O3. The molecule has 0 aliphatic rings. The Bertz CT molecular complexity index is 924. The van der Waals surface area contributed by atoms with Crippen LogP contribution < -0.4 is 10.6 Å². The molecule has 0 saturated carbocycles. The zero-order chi connectivity index (χ0) is 19.8. The van der Waals surface area contributed by atoms with Crippen molar-refractivity contribution in [1.29, 1.82) is 0 Å². The normalized spacial score (nSPS) is 10.2. The first-order valence-corrected chi connectivity index (χ1v) is 8.89. The highest BCUT2D eigenvalue weighted by Gasteiger charge is 2.09. The molecule has 1 aromatic heterocycles. The van der Waals surface area contributed by atoms with Crippen molar-refractivity contribution in [2.24, 2.45) is 0 Å². The van der Waals surface area contributed by atoms with Crippen LogP contribution in [0.15, 0.2) is 72.9 Å². The SMILES string of the molecule is COC(=O)c1ccc(NC(=O)c2ccc(NCCc3ccccc3)cn2)cc1. The first kappa shape index (κ1) is 19.1. The second kappa shape index (κ2) is 9.32. The van der Waals surface area contributed by atoms with Crippen LogP contribution in [-0.4, -0.2) is 30.5 Å². The molecule has 0 radical (unpaired) electrons. The van der Waals surface area contributed by atoms with Crippen LogP contribution in [0.25, 0.3) is 0 Å². The smallest absolute Gasteiger partial charge is 0.337 e. The van der Waals surface area contributed by atoms with Crippen molar-refractivity contribution in [2.75, 3.05) is 24.3 Å². The summed E-state index contributed by atoms with van der Waals surface area (Å²) in [7, 11) is 1.32. The maximum atomic E-state index is 12.3. The summed E-state index contributed by atoms with van der Waals surface area (Å²) >= 11 is 0. The first-order valence-electron chi connectivity index (χ1n) is 8.89. The Morgan fingerprint density at radius 3 is 2.29 bits per heavy atom. The molecule has 3 rings (SSSR count). The molecule has 0 saturated heterocycles. The summed E-state index contributed by atoms with van der Waals surface area (Å²) < 4.78 is 4.65. The number of methoxy groups -OCH3 is 1. The van der Waals surface area contributed by atoms with Gasteiger partial charge in [0.2, 0.25) is 0 Å². The zero-order valence-corrected chi connectivity index (χ0v) is 15.5. The van der Waals surface area contributed by atoms with Gasteiger partial charge < -0.3 is 15.4 Å². The predicted molar refractivity (Wildman–Crippen MR) is 109 cm³/mol. The van der Waals surface area contributed by atoms with Crippen molar-refractivity contribution in [3.63, 3.8) is 0 Å². The number of aromatic nitrogens is 1. The molecule has 0 unspecified atom stereocenters. The van der Waals surface area contributed by atoms with Crippen molar-refractivity contribution in [1.82, 2.24) is 4.98 Å². The highest BCUT2D eigenvalue weighted by Crippen LogP contribution is 2.13. The van der Waals surface area contributed by atoms with Crippen LogP contribution in [0, 0.1) is 0 Å². The maximum absolute atomic E-state index is 12.3. The van der Waals surface area contributed by atoms with E-state index in [9.17, 15) is 9.59 Å². The van der Waals surface area contributed by atoms with E-state index in [1.54, 1.807) is 36.5 Å². The van der Waals surface area contributed by atoms with Crippen molar-refractivity contribution in [3.05, 3.63) is 89.7 Å². The van der Waals surface area contributed by atoms with Crippen LogP contribution in [0.2, 0.25) is 0 Å². The van der Waals surface area contributed by atoms with Crippen LogP contribution in [0.1, 0.15) is 26.4 Å². The molecule has 6 nitrogen and oxygen atoms in total. The lowest BCUT2D eigenvalue weighted by atomic mass is 10.1. The lowest BCUT2D eigenvalue weighted by Gasteiger charge is -2.08. The summed E-state index contributed by atoms with van der Waals surface area (Å²) in [5, 5.41) is 6.05. The molecule has 1 heterocycles. The molecule has 0 fully saturated rings. The third kappa shape index (κ3) is 5.17. The number of anilines is 2. The Labute approximate surface area is 163 Å². The zero-order valence-electron chi connectivity index (χ0n) is 15.5. The van der Waals surface area contributed by atoms with E-state index in [0.717, 1.165) is 18.7 Å². The van der Waals surface area contributed by atoms with Gasteiger partial charge in [0.05, 0.1) is 24.6 Å². The van der Waals surface area contributed by atoms with Gasteiger partial charge in [0.25, 0.3) is 5.91 Å². The van der Waals surface area contributed by atoms with Gasteiger partial charge >= 0.3 is 5.97 Å². The average Bonchev–Trinajstić information content (AvgIpc) is 2.75.